The molecule has 0 fully saturated rings. The van der Waals surface area contributed by atoms with Crippen LogP contribution in [-0.4, -0.2) is 42.0 Å². The first-order valence-corrected chi connectivity index (χ1v) is 9.68. The number of benzene rings is 2. The third-order valence-corrected chi connectivity index (χ3v) is 4.98. The summed E-state index contributed by atoms with van der Waals surface area (Å²) in [5.41, 5.74) is 2.12. The summed E-state index contributed by atoms with van der Waals surface area (Å²) < 4.78 is 41.5. The minimum absolute atomic E-state index is 0.0108. The number of halogens is 3. The lowest BCUT2D eigenvalue weighted by molar-refractivity contribution is -0.158. The molecule has 1 atom stereocenters. The van der Waals surface area contributed by atoms with E-state index in [9.17, 15) is 22.8 Å². The number of anilines is 2. The van der Waals surface area contributed by atoms with E-state index in [1.54, 1.807) is 11.0 Å². The number of alkyl halides is 3. The fourth-order valence-corrected chi connectivity index (χ4v) is 3.51. The Labute approximate surface area is 178 Å². The van der Waals surface area contributed by atoms with Gasteiger partial charge in [-0.25, -0.2) is 0 Å². The number of nitrogens with zero attached hydrogens (tertiary/aromatic N) is 2. The van der Waals surface area contributed by atoms with Crippen LogP contribution in [0.2, 0.25) is 0 Å². The van der Waals surface area contributed by atoms with E-state index in [4.69, 9.17) is 6.42 Å². The summed E-state index contributed by atoms with van der Waals surface area (Å²) in [4.78, 5) is 27.5. The van der Waals surface area contributed by atoms with Crippen LogP contribution in [0.15, 0.2) is 48.5 Å². The maximum atomic E-state index is 13.8. The molecule has 0 spiro atoms. The minimum Gasteiger partial charge on any atom is -0.324 e. The molecule has 5 nitrogen and oxygen atoms in total. The Morgan fingerprint density at radius 3 is 2.55 bits per heavy atom. The summed E-state index contributed by atoms with van der Waals surface area (Å²) in [5, 5.41) is 2.45. The number of para-hydroxylation sites is 2. The monoisotopic (exact) mass is 429 g/mol. The van der Waals surface area contributed by atoms with Crippen molar-refractivity contribution in [1.82, 2.24) is 4.90 Å². The van der Waals surface area contributed by atoms with Crippen LogP contribution in [0.5, 0.6) is 0 Å². The molecule has 2 amide bonds. The van der Waals surface area contributed by atoms with Crippen molar-refractivity contribution in [2.75, 3.05) is 23.3 Å². The van der Waals surface area contributed by atoms with Crippen LogP contribution in [0, 0.1) is 19.3 Å². The van der Waals surface area contributed by atoms with E-state index in [2.05, 4.69) is 11.2 Å². The van der Waals surface area contributed by atoms with Gasteiger partial charge in [0.2, 0.25) is 11.8 Å². The second kappa shape index (κ2) is 9.23. The Morgan fingerprint density at radius 2 is 1.90 bits per heavy atom. The molecule has 162 valence electrons. The van der Waals surface area contributed by atoms with Gasteiger partial charge in [-0.3, -0.25) is 19.4 Å². The van der Waals surface area contributed by atoms with Gasteiger partial charge >= 0.3 is 6.18 Å². The third kappa shape index (κ3) is 5.44. The first-order chi connectivity index (χ1) is 14.7. The first kappa shape index (κ1) is 22.4. The molecule has 0 saturated carbocycles. The average molecular weight is 429 g/mol. The number of rotatable bonds is 5. The zero-order valence-electron chi connectivity index (χ0n) is 16.9. The van der Waals surface area contributed by atoms with Crippen molar-refractivity contribution in [3.63, 3.8) is 0 Å². The molecule has 1 unspecified atom stereocenters. The van der Waals surface area contributed by atoms with E-state index in [0.29, 0.717) is 11.4 Å². The molecule has 1 aliphatic heterocycles. The highest BCUT2D eigenvalue weighted by atomic mass is 19.4. The maximum Gasteiger partial charge on any atom is 0.409 e. The molecule has 1 N–H and O–H groups in total. The van der Waals surface area contributed by atoms with Crippen molar-refractivity contribution in [3.05, 3.63) is 59.7 Å². The molecule has 0 saturated heterocycles. The van der Waals surface area contributed by atoms with Gasteiger partial charge in [-0.15, -0.1) is 6.42 Å². The molecule has 2 aromatic rings. The zero-order chi connectivity index (χ0) is 22.6. The molecular formula is C23H22F3N3O2. The number of carbonyl (C=O) groups excluding carboxylic acids is 2. The smallest absolute Gasteiger partial charge is 0.324 e. The van der Waals surface area contributed by atoms with Crippen molar-refractivity contribution in [2.24, 2.45) is 0 Å². The van der Waals surface area contributed by atoms with Gasteiger partial charge in [0, 0.05) is 6.54 Å². The van der Waals surface area contributed by atoms with Gasteiger partial charge in [-0.2, -0.15) is 13.2 Å². The predicted molar refractivity (Wildman–Crippen MR) is 112 cm³/mol. The molecule has 0 aromatic heterocycles. The van der Waals surface area contributed by atoms with E-state index in [1.165, 1.54) is 18.2 Å². The fraction of sp³-hybridized carbons (Fsp3) is 0.304. The Hall–Kier alpha value is -3.31. The summed E-state index contributed by atoms with van der Waals surface area (Å²) >= 11 is 0. The number of terminal acetylenes is 1. The summed E-state index contributed by atoms with van der Waals surface area (Å²) in [6.07, 6.45) is -0.231. The second-order valence-corrected chi connectivity index (χ2v) is 7.43. The van der Waals surface area contributed by atoms with E-state index in [1.807, 2.05) is 31.2 Å². The molecule has 1 aliphatic rings. The van der Waals surface area contributed by atoms with Crippen LogP contribution in [0.1, 0.15) is 17.5 Å². The number of amides is 2. The van der Waals surface area contributed by atoms with Gasteiger partial charge in [0.25, 0.3) is 0 Å². The van der Waals surface area contributed by atoms with Crippen LogP contribution in [0.25, 0.3) is 0 Å². The number of fused-ring (bicyclic) bond motifs is 1. The molecule has 0 aliphatic carbocycles. The molecule has 8 heteroatoms. The van der Waals surface area contributed by atoms with E-state index < -0.39 is 30.5 Å². The molecule has 0 bridgehead atoms. The number of nitrogens with one attached hydrogen (secondary N) is 1. The van der Waals surface area contributed by atoms with E-state index >= 15 is 0 Å². The molecular weight excluding hydrogens is 407 g/mol. The van der Waals surface area contributed by atoms with Crippen molar-refractivity contribution in [3.8, 4) is 12.3 Å². The number of aryl methyl sites for hydroxylation is 1. The quantitative estimate of drug-likeness (QED) is 0.737. The zero-order valence-corrected chi connectivity index (χ0v) is 16.9. The van der Waals surface area contributed by atoms with Crippen molar-refractivity contribution in [1.29, 1.82) is 0 Å². The van der Waals surface area contributed by atoms with E-state index in [0.717, 1.165) is 11.1 Å². The van der Waals surface area contributed by atoms with Crippen molar-refractivity contribution < 1.29 is 22.8 Å². The SMILES string of the molecule is C#CCN(CC(=O)N1c2ccccc2NC(=O)CC1C(F)(F)F)Cc1ccc(C)cc1. The van der Waals surface area contributed by atoms with Crippen molar-refractivity contribution >= 4 is 23.2 Å². The Bertz CT molecular complexity index is 996. The van der Waals surface area contributed by atoms with Gasteiger partial charge in [-0.1, -0.05) is 47.9 Å². The topological polar surface area (TPSA) is 52.7 Å². The van der Waals surface area contributed by atoms with Gasteiger partial charge < -0.3 is 5.32 Å². The minimum atomic E-state index is -4.78. The van der Waals surface area contributed by atoms with E-state index in [-0.39, 0.29) is 24.5 Å². The lowest BCUT2D eigenvalue weighted by Gasteiger charge is -2.33. The van der Waals surface area contributed by atoms with Gasteiger partial charge in [0.05, 0.1) is 30.9 Å². The second-order valence-electron chi connectivity index (χ2n) is 7.43. The van der Waals surface area contributed by atoms with Gasteiger partial charge in [0.1, 0.15) is 6.04 Å². The van der Waals surface area contributed by atoms with Crippen LogP contribution in [0.4, 0.5) is 24.5 Å². The van der Waals surface area contributed by atoms with Crippen molar-refractivity contribution in [2.45, 2.75) is 32.1 Å². The summed E-state index contributed by atoms with van der Waals surface area (Å²) in [7, 11) is 0. The van der Waals surface area contributed by atoms with Crippen LogP contribution >= 0.6 is 0 Å². The Kier molecular flexibility index (Phi) is 6.66. The lowest BCUT2D eigenvalue weighted by atomic mass is 10.1. The standard InChI is InChI=1S/C23H22F3N3O2/c1-3-12-28(14-17-10-8-16(2)9-11-17)15-22(31)29-19-7-5-4-6-18(19)27-21(30)13-20(29)23(24,25)26/h1,4-11,20H,12-15H2,2H3,(H,27,30). The number of carbonyl (C=O) groups is 2. The Morgan fingerprint density at radius 1 is 1.23 bits per heavy atom. The first-order valence-electron chi connectivity index (χ1n) is 9.68. The lowest BCUT2D eigenvalue weighted by Crippen LogP contribution is -2.52. The fourth-order valence-electron chi connectivity index (χ4n) is 3.51. The van der Waals surface area contributed by atoms with Crippen LogP contribution < -0.4 is 10.2 Å². The average Bonchev–Trinajstić information content (AvgIpc) is 2.85. The summed E-state index contributed by atoms with van der Waals surface area (Å²) in [6.45, 7) is 2.01. The molecule has 1 heterocycles. The maximum absolute atomic E-state index is 13.8. The summed E-state index contributed by atoms with van der Waals surface area (Å²) in [6, 6.07) is 11.3. The predicted octanol–water partition coefficient (Wildman–Crippen LogP) is 3.74. The highest BCUT2D eigenvalue weighted by Gasteiger charge is 2.49. The normalized spacial score (nSPS) is 16.3. The number of hydrogen-bond acceptors (Lipinski definition) is 3. The molecule has 3 rings (SSSR count). The highest BCUT2D eigenvalue weighted by molar-refractivity contribution is 6.05. The largest absolute Gasteiger partial charge is 0.409 e. The highest BCUT2D eigenvalue weighted by Crippen LogP contribution is 2.37. The molecule has 31 heavy (non-hydrogen) atoms. The third-order valence-electron chi connectivity index (χ3n) is 4.98. The number of hydrogen-bond donors (Lipinski definition) is 1. The van der Waals surface area contributed by atoms with Gasteiger partial charge in [-0.05, 0) is 24.6 Å². The van der Waals surface area contributed by atoms with Gasteiger partial charge in [0.15, 0.2) is 0 Å². The molecule has 0 radical (unpaired) electrons. The van der Waals surface area contributed by atoms with Crippen LogP contribution in [-0.2, 0) is 16.1 Å². The Balaban J connectivity index is 1.92. The summed E-state index contributed by atoms with van der Waals surface area (Å²) in [5.74, 6) is 0.870. The molecule has 2 aromatic carbocycles. The van der Waals surface area contributed by atoms with Crippen LogP contribution in [0.3, 0.4) is 0 Å².